The normalized spacial score (nSPS) is 18.5. The van der Waals surface area contributed by atoms with Crippen LogP contribution in [0.25, 0.3) is 11.0 Å². The quantitative estimate of drug-likeness (QED) is 0.719. The zero-order valence-electron chi connectivity index (χ0n) is 12.0. The van der Waals surface area contributed by atoms with Gasteiger partial charge in [0, 0.05) is 38.3 Å². The van der Waals surface area contributed by atoms with Gasteiger partial charge in [0.15, 0.2) is 5.52 Å². The van der Waals surface area contributed by atoms with Crippen molar-refractivity contribution in [1.29, 1.82) is 0 Å². The molecule has 0 amide bonds. The van der Waals surface area contributed by atoms with Gasteiger partial charge < -0.3 is 5.32 Å². The van der Waals surface area contributed by atoms with Gasteiger partial charge in [0.05, 0.1) is 24.5 Å². The molecule has 2 aliphatic rings. The lowest BCUT2D eigenvalue weighted by Gasteiger charge is -2.24. The first-order chi connectivity index (χ1) is 10.2. The second-order valence-electron chi connectivity index (χ2n) is 5.73. The van der Waals surface area contributed by atoms with Crippen molar-refractivity contribution in [3.63, 3.8) is 0 Å². The standard InChI is InChI=1S/C14H18Br2N5/c1-9-11(15)12(16)10-3-2-6-20-14(10)13(9)18-21(20)19-7-4-17-5-8-19/h17H,2-8H2,1H3/q+1. The number of benzene rings is 1. The maximum absolute atomic E-state index is 4.94. The van der Waals surface area contributed by atoms with E-state index in [0.717, 1.165) is 49.1 Å². The molecule has 1 N–H and O–H groups in total. The summed E-state index contributed by atoms with van der Waals surface area (Å²) in [7, 11) is 0. The third kappa shape index (κ3) is 2.04. The van der Waals surface area contributed by atoms with E-state index in [1.807, 2.05) is 0 Å². The van der Waals surface area contributed by atoms with E-state index in [9.17, 15) is 0 Å². The molecule has 0 atom stereocenters. The lowest BCUT2D eigenvalue weighted by atomic mass is 10.0. The van der Waals surface area contributed by atoms with Gasteiger partial charge in [-0.2, -0.15) is 9.69 Å². The first kappa shape index (κ1) is 14.0. The predicted molar refractivity (Wildman–Crippen MR) is 89.2 cm³/mol. The smallest absolute Gasteiger partial charge is 0.210 e. The summed E-state index contributed by atoms with van der Waals surface area (Å²) < 4.78 is 4.69. The van der Waals surface area contributed by atoms with Crippen molar-refractivity contribution in [1.82, 2.24) is 15.3 Å². The summed E-state index contributed by atoms with van der Waals surface area (Å²) in [6.45, 7) is 7.24. The number of hydrogen-bond donors (Lipinski definition) is 1. The van der Waals surface area contributed by atoms with Crippen molar-refractivity contribution in [3.8, 4) is 0 Å². The molecule has 1 aromatic carbocycles. The molecular formula is C14H18Br2N5+. The number of hydrogen-bond acceptors (Lipinski definition) is 3. The Hall–Kier alpha value is -0.660. The SMILES string of the molecule is Cc1c(Br)c(Br)c2c3c1nn(N1CCNCC1)[n+]3CCC2. The molecule has 1 saturated heterocycles. The van der Waals surface area contributed by atoms with Crippen LogP contribution in [0.2, 0.25) is 0 Å². The van der Waals surface area contributed by atoms with Crippen LogP contribution in [0.3, 0.4) is 0 Å². The molecule has 0 saturated carbocycles. The Balaban J connectivity index is 1.98. The summed E-state index contributed by atoms with van der Waals surface area (Å²) in [5.41, 5.74) is 5.02. The zero-order chi connectivity index (χ0) is 14.6. The Kier molecular flexibility index (Phi) is 3.46. The van der Waals surface area contributed by atoms with Crippen LogP contribution in [0.4, 0.5) is 0 Å². The number of piperazine rings is 1. The summed E-state index contributed by atoms with van der Waals surface area (Å²) in [5.74, 6) is 0. The molecule has 2 aliphatic heterocycles. The Bertz CT molecular complexity index is 718. The minimum absolute atomic E-state index is 1.00. The van der Waals surface area contributed by atoms with Crippen molar-refractivity contribution >= 4 is 42.9 Å². The van der Waals surface area contributed by atoms with E-state index in [1.54, 1.807) is 0 Å². The molecule has 7 heteroatoms. The Morgan fingerprint density at radius 1 is 1.19 bits per heavy atom. The fourth-order valence-corrected chi connectivity index (χ4v) is 4.45. The maximum atomic E-state index is 4.94. The topological polar surface area (TPSA) is 37.0 Å². The average Bonchev–Trinajstić information content (AvgIpc) is 2.92. The third-order valence-electron chi connectivity index (χ3n) is 4.46. The van der Waals surface area contributed by atoms with Crippen molar-refractivity contribution in [2.45, 2.75) is 26.3 Å². The highest BCUT2D eigenvalue weighted by Gasteiger charge is 2.31. The van der Waals surface area contributed by atoms with Crippen LogP contribution >= 0.6 is 31.9 Å². The number of rotatable bonds is 1. The van der Waals surface area contributed by atoms with Gasteiger partial charge >= 0.3 is 0 Å². The van der Waals surface area contributed by atoms with Crippen molar-refractivity contribution in [2.24, 2.45) is 0 Å². The van der Waals surface area contributed by atoms with Gasteiger partial charge in [-0.3, -0.25) is 0 Å². The second-order valence-corrected chi connectivity index (χ2v) is 7.31. The van der Waals surface area contributed by atoms with E-state index < -0.39 is 0 Å². The zero-order valence-corrected chi connectivity index (χ0v) is 15.2. The molecule has 1 aromatic heterocycles. The van der Waals surface area contributed by atoms with Gasteiger partial charge in [-0.15, -0.1) is 0 Å². The summed E-state index contributed by atoms with van der Waals surface area (Å²) in [6.07, 6.45) is 2.28. The molecule has 2 aromatic rings. The van der Waals surface area contributed by atoms with Crippen molar-refractivity contribution < 1.29 is 4.68 Å². The van der Waals surface area contributed by atoms with Gasteiger partial charge in [0.2, 0.25) is 5.52 Å². The molecule has 0 radical (unpaired) electrons. The molecule has 21 heavy (non-hydrogen) atoms. The Labute approximate surface area is 140 Å². The van der Waals surface area contributed by atoms with Crippen LogP contribution in [-0.4, -0.2) is 36.2 Å². The van der Waals surface area contributed by atoms with E-state index in [4.69, 9.17) is 5.10 Å². The van der Waals surface area contributed by atoms with Gasteiger partial charge in [-0.05, 0) is 51.6 Å². The minimum Gasteiger partial charge on any atom is -0.310 e. The molecule has 0 bridgehead atoms. The van der Waals surface area contributed by atoms with Gasteiger partial charge in [0.25, 0.3) is 0 Å². The van der Waals surface area contributed by atoms with Crippen molar-refractivity contribution in [2.75, 3.05) is 31.2 Å². The molecule has 4 rings (SSSR count). The maximum Gasteiger partial charge on any atom is 0.210 e. The Morgan fingerprint density at radius 3 is 2.71 bits per heavy atom. The van der Waals surface area contributed by atoms with E-state index >= 15 is 0 Å². The summed E-state index contributed by atoms with van der Waals surface area (Å²) in [5, 5.41) is 10.7. The van der Waals surface area contributed by atoms with Crippen LogP contribution in [0.1, 0.15) is 17.5 Å². The highest BCUT2D eigenvalue weighted by Crippen LogP contribution is 2.37. The van der Waals surface area contributed by atoms with Crippen molar-refractivity contribution in [3.05, 3.63) is 20.1 Å². The molecule has 3 heterocycles. The van der Waals surface area contributed by atoms with Crippen LogP contribution in [-0.2, 0) is 13.0 Å². The number of aromatic nitrogens is 3. The largest absolute Gasteiger partial charge is 0.310 e. The fraction of sp³-hybridized carbons (Fsp3) is 0.571. The molecule has 5 nitrogen and oxygen atoms in total. The van der Waals surface area contributed by atoms with Gasteiger partial charge in [-0.1, -0.05) is 0 Å². The van der Waals surface area contributed by atoms with E-state index in [2.05, 4.69) is 58.7 Å². The van der Waals surface area contributed by atoms with Crippen LogP contribution in [0, 0.1) is 6.92 Å². The summed E-state index contributed by atoms with van der Waals surface area (Å²) >= 11 is 7.48. The lowest BCUT2D eigenvalue weighted by Crippen LogP contribution is -2.60. The fourth-order valence-electron chi connectivity index (χ4n) is 3.34. The molecule has 112 valence electrons. The lowest BCUT2D eigenvalue weighted by molar-refractivity contribution is -0.760. The Morgan fingerprint density at radius 2 is 1.95 bits per heavy atom. The molecule has 0 unspecified atom stereocenters. The summed E-state index contributed by atoms with van der Waals surface area (Å²) in [6, 6.07) is 0. The van der Waals surface area contributed by atoms with Gasteiger partial charge in [-0.25, -0.2) is 0 Å². The molecule has 0 spiro atoms. The highest BCUT2D eigenvalue weighted by atomic mass is 79.9. The van der Waals surface area contributed by atoms with E-state index in [-0.39, 0.29) is 0 Å². The minimum atomic E-state index is 1.00. The van der Waals surface area contributed by atoms with E-state index in [1.165, 1.54) is 27.5 Å². The molecular weight excluding hydrogens is 398 g/mol. The molecule has 1 fully saturated rings. The number of nitrogens with one attached hydrogen (secondary N) is 1. The van der Waals surface area contributed by atoms with Crippen LogP contribution in [0.5, 0.6) is 0 Å². The predicted octanol–water partition coefficient (Wildman–Crippen LogP) is 1.64. The second kappa shape index (κ2) is 5.21. The number of nitrogens with zero attached hydrogens (tertiary/aromatic N) is 4. The molecule has 0 aliphatic carbocycles. The monoisotopic (exact) mass is 414 g/mol. The summed E-state index contributed by atoms with van der Waals surface area (Å²) in [4.78, 5) is 2.11. The van der Waals surface area contributed by atoms with Crippen LogP contribution in [0.15, 0.2) is 8.95 Å². The van der Waals surface area contributed by atoms with Gasteiger partial charge in [0.1, 0.15) is 0 Å². The third-order valence-corrected chi connectivity index (χ3v) is 6.86. The first-order valence-corrected chi connectivity index (χ1v) is 9.02. The number of aryl methyl sites for hydroxylation is 3. The first-order valence-electron chi connectivity index (χ1n) is 7.43. The number of halogens is 2. The van der Waals surface area contributed by atoms with E-state index in [0.29, 0.717) is 0 Å². The van der Waals surface area contributed by atoms with Crippen LogP contribution < -0.4 is 15.0 Å². The highest BCUT2D eigenvalue weighted by molar-refractivity contribution is 9.13. The average molecular weight is 416 g/mol.